The second-order valence-corrected chi connectivity index (χ2v) is 3.79. The fourth-order valence-electron chi connectivity index (χ4n) is 1.72. The molecular weight excluding hydrogens is 246 g/mol. The van der Waals surface area contributed by atoms with Gasteiger partial charge in [0.2, 0.25) is 0 Å². The molecule has 98 valence electrons. The molecule has 0 aliphatic heterocycles. The summed E-state index contributed by atoms with van der Waals surface area (Å²) in [6, 6.07) is 2.74. The maximum Gasteiger partial charge on any atom is 0.419 e. The summed E-state index contributed by atoms with van der Waals surface area (Å²) in [5, 5.41) is 2.77. The number of hydrogen-bond donors (Lipinski definition) is 1. The van der Waals surface area contributed by atoms with E-state index < -0.39 is 23.6 Å². The van der Waals surface area contributed by atoms with Crippen molar-refractivity contribution in [3.8, 4) is 12.3 Å². The van der Waals surface area contributed by atoms with Gasteiger partial charge in [-0.2, -0.15) is 13.2 Å². The number of rotatable bonds is 4. The van der Waals surface area contributed by atoms with Crippen LogP contribution >= 0.6 is 0 Å². The molecule has 18 heavy (non-hydrogen) atoms. The minimum absolute atomic E-state index is 0.0115. The first-order valence-corrected chi connectivity index (χ1v) is 5.38. The molecule has 1 aromatic rings. The van der Waals surface area contributed by atoms with Crippen LogP contribution in [0.2, 0.25) is 0 Å². The molecular formula is C13H13F4N. The van der Waals surface area contributed by atoms with E-state index in [1.807, 2.05) is 0 Å². The van der Waals surface area contributed by atoms with Crippen LogP contribution in [-0.2, 0) is 6.18 Å². The molecule has 1 N–H and O–H groups in total. The van der Waals surface area contributed by atoms with Crippen molar-refractivity contribution in [3.63, 3.8) is 0 Å². The summed E-state index contributed by atoms with van der Waals surface area (Å²) < 4.78 is 51.5. The highest BCUT2D eigenvalue weighted by Gasteiger charge is 2.35. The van der Waals surface area contributed by atoms with Crippen LogP contribution in [0, 0.1) is 18.2 Å². The van der Waals surface area contributed by atoms with Crippen molar-refractivity contribution in [2.24, 2.45) is 0 Å². The number of benzene rings is 1. The third-order valence-corrected chi connectivity index (χ3v) is 2.64. The van der Waals surface area contributed by atoms with Crippen molar-refractivity contribution in [1.29, 1.82) is 0 Å². The largest absolute Gasteiger partial charge is 0.419 e. The van der Waals surface area contributed by atoms with Crippen molar-refractivity contribution in [2.45, 2.75) is 25.1 Å². The first kappa shape index (κ1) is 14.5. The highest BCUT2D eigenvalue weighted by Crippen LogP contribution is 2.34. The summed E-state index contributed by atoms with van der Waals surface area (Å²) in [5.74, 6) is 1.15. The van der Waals surface area contributed by atoms with Gasteiger partial charge in [-0.3, -0.25) is 0 Å². The lowest BCUT2D eigenvalue weighted by Crippen LogP contribution is -2.19. The molecule has 1 nitrogen and oxygen atoms in total. The van der Waals surface area contributed by atoms with Gasteiger partial charge in [0, 0.05) is 18.0 Å². The molecule has 1 unspecified atom stereocenters. The molecule has 0 amide bonds. The first-order chi connectivity index (χ1) is 8.41. The Labute approximate surface area is 103 Å². The van der Waals surface area contributed by atoms with Crippen molar-refractivity contribution >= 4 is 0 Å². The van der Waals surface area contributed by atoms with Gasteiger partial charge in [0.05, 0.1) is 5.56 Å². The fourth-order valence-corrected chi connectivity index (χ4v) is 1.72. The summed E-state index contributed by atoms with van der Waals surface area (Å²) in [6.07, 6.45) is 1.15. The third-order valence-electron chi connectivity index (χ3n) is 2.64. The molecule has 0 aromatic heterocycles. The maximum atomic E-state index is 13.8. The van der Waals surface area contributed by atoms with E-state index in [-0.39, 0.29) is 5.56 Å². The predicted molar refractivity (Wildman–Crippen MR) is 61.3 cm³/mol. The van der Waals surface area contributed by atoms with Gasteiger partial charge in [0.25, 0.3) is 0 Å². The molecule has 1 rings (SSSR count). The Morgan fingerprint density at radius 3 is 2.56 bits per heavy atom. The molecule has 1 aromatic carbocycles. The fraction of sp³-hybridized carbons (Fsp3) is 0.385. The zero-order valence-electron chi connectivity index (χ0n) is 9.81. The molecule has 0 saturated carbocycles. The van der Waals surface area contributed by atoms with Crippen LogP contribution < -0.4 is 5.32 Å². The van der Waals surface area contributed by atoms with Crippen molar-refractivity contribution < 1.29 is 17.6 Å². The number of halogens is 4. The van der Waals surface area contributed by atoms with Crippen LogP contribution in [0.3, 0.4) is 0 Å². The van der Waals surface area contributed by atoms with Gasteiger partial charge in [0.15, 0.2) is 0 Å². The van der Waals surface area contributed by atoms with Crippen LogP contribution in [0.4, 0.5) is 17.6 Å². The minimum atomic E-state index is -4.69. The summed E-state index contributed by atoms with van der Waals surface area (Å²) >= 11 is 0. The number of nitrogens with one attached hydrogen (secondary N) is 1. The summed E-state index contributed by atoms with van der Waals surface area (Å²) in [5.41, 5.74) is -1.26. The molecule has 0 aliphatic carbocycles. The van der Waals surface area contributed by atoms with Crippen LogP contribution in [0.5, 0.6) is 0 Å². The zero-order valence-corrected chi connectivity index (χ0v) is 9.81. The van der Waals surface area contributed by atoms with E-state index in [0.29, 0.717) is 12.8 Å². The molecule has 0 spiro atoms. The van der Waals surface area contributed by atoms with Gasteiger partial charge >= 0.3 is 6.18 Å². The van der Waals surface area contributed by atoms with Crippen molar-refractivity contribution in [2.75, 3.05) is 7.05 Å². The zero-order chi connectivity index (χ0) is 13.8. The summed E-state index contributed by atoms with van der Waals surface area (Å²) in [6.45, 7) is 0. The highest BCUT2D eigenvalue weighted by atomic mass is 19.4. The smallest absolute Gasteiger partial charge is 0.313 e. The Morgan fingerprint density at radius 2 is 2.06 bits per heavy atom. The number of terminal acetylenes is 1. The van der Waals surface area contributed by atoms with E-state index in [1.165, 1.54) is 12.1 Å². The van der Waals surface area contributed by atoms with E-state index in [2.05, 4.69) is 11.2 Å². The highest BCUT2D eigenvalue weighted by molar-refractivity contribution is 5.30. The van der Waals surface area contributed by atoms with Gasteiger partial charge in [0.1, 0.15) is 5.82 Å². The average molecular weight is 259 g/mol. The average Bonchev–Trinajstić information content (AvgIpc) is 2.30. The van der Waals surface area contributed by atoms with E-state index in [0.717, 1.165) is 6.07 Å². The van der Waals surface area contributed by atoms with E-state index in [1.54, 1.807) is 7.05 Å². The summed E-state index contributed by atoms with van der Waals surface area (Å²) in [7, 11) is 1.56. The van der Waals surface area contributed by atoms with E-state index in [9.17, 15) is 17.6 Å². The van der Waals surface area contributed by atoms with Crippen LogP contribution in [0.25, 0.3) is 0 Å². The Hall–Kier alpha value is -1.54. The van der Waals surface area contributed by atoms with Gasteiger partial charge in [-0.15, -0.1) is 12.3 Å². The van der Waals surface area contributed by atoms with Crippen LogP contribution in [-0.4, -0.2) is 7.05 Å². The third kappa shape index (κ3) is 3.23. The van der Waals surface area contributed by atoms with Crippen LogP contribution in [0.1, 0.15) is 30.0 Å². The van der Waals surface area contributed by atoms with Crippen molar-refractivity contribution in [3.05, 3.63) is 35.1 Å². The van der Waals surface area contributed by atoms with Crippen LogP contribution in [0.15, 0.2) is 18.2 Å². The minimum Gasteiger partial charge on any atom is -0.313 e. The second kappa shape index (κ2) is 5.87. The molecule has 0 saturated heterocycles. The quantitative estimate of drug-likeness (QED) is 0.644. The van der Waals surface area contributed by atoms with Gasteiger partial charge < -0.3 is 5.32 Å². The Balaban J connectivity index is 3.13. The molecule has 5 heteroatoms. The molecule has 0 heterocycles. The second-order valence-electron chi connectivity index (χ2n) is 3.79. The molecule has 0 radical (unpaired) electrons. The SMILES string of the molecule is C#CCCC(NC)c1cccc(C(F)(F)F)c1F. The molecule has 0 aliphatic rings. The Kier molecular flexibility index (Phi) is 4.74. The van der Waals surface area contributed by atoms with Crippen molar-refractivity contribution in [1.82, 2.24) is 5.32 Å². The standard InChI is InChI=1S/C13H13F4N/c1-3-4-8-11(18-2)9-6-5-7-10(12(9)14)13(15,16)17/h1,5-7,11,18H,4,8H2,2H3. The molecule has 0 bridgehead atoms. The Morgan fingerprint density at radius 1 is 1.39 bits per heavy atom. The van der Waals surface area contributed by atoms with E-state index >= 15 is 0 Å². The topological polar surface area (TPSA) is 12.0 Å². The monoisotopic (exact) mass is 259 g/mol. The van der Waals surface area contributed by atoms with Gasteiger partial charge in [-0.25, -0.2) is 4.39 Å². The van der Waals surface area contributed by atoms with Gasteiger partial charge in [-0.05, 0) is 19.5 Å². The Bertz CT molecular complexity index is 445. The molecule has 1 atom stereocenters. The maximum absolute atomic E-state index is 13.8. The summed E-state index contributed by atoms with van der Waals surface area (Å²) in [4.78, 5) is 0. The van der Waals surface area contributed by atoms with Gasteiger partial charge in [-0.1, -0.05) is 12.1 Å². The normalized spacial score (nSPS) is 13.1. The number of hydrogen-bond acceptors (Lipinski definition) is 1. The first-order valence-electron chi connectivity index (χ1n) is 5.38. The lowest BCUT2D eigenvalue weighted by molar-refractivity contribution is -0.140. The molecule has 0 fully saturated rings. The lowest BCUT2D eigenvalue weighted by atomic mass is 9.99. The van der Waals surface area contributed by atoms with E-state index in [4.69, 9.17) is 6.42 Å². The lowest BCUT2D eigenvalue weighted by Gasteiger charge is -2.18. The number of alkyl halides is 3. The predicted octanol–water partition coefficient (Wildman–Crippen LogP) is 3.52.